The van der Waals surface area contributed by atoms with Crippen molar-refractivity contribution in [2.75, 3.05) is 5.75 Å². The van der Waals surface area contributed by atoms with Crippen molar-refractivity contribution in [3.63, 3.8) is 0 Å². The Morgan fingerprint density at radius 3 is 1.95 bits per heavy atom. The summed E-state index contributed by atoms with van der Waals surface area (Å²) in [5.41, 5.74) is 7.35. The summed E-state index contributed by atoms with van der Waals surface area (Å²) in [6.45, 7) is 1.30. The number of hydrogen-bond acceptors (Lipinski definition) is 8. The summed E-state index contributed by atoms with van der Waals surface area (Å²) in [4.78, 5) is 50.0. The molecule has 12 heteroatoms. The first-order valence-corrected chi connectivity index (χ1v) is 12.1. The van der Waals surface area contributed by atoms with Crippen molar-refractivity contribution in [1.29, 1.82) is 0 Å². The molecule has 2 aromatic rings. The number of carboxylic acid groups (broad SMARTS) is 1. The van der Waals surface area contributed by atoms with E-state index in [-0.39, 0.29) is 24.3 Å². The Hall–Kier alpha value is -3.61. The van der Waals surface area contributed by atoms with Crippen molar-refractivity contribution in [1.82, 2.24) is 16.0 Å². The van der Waals surface area contributed by atoms with E-state index >= 15 is 0 Å². The fourth-order valence-corrected chi connectivity index (χ4v) is 3.67. The van der Waals surface area contributed by atoms with E-state index in [0.717, 1.165) is 5.56 Å². The standard InChI is InChI=1S/C25H32N4O7S/c1-14(30)21(29-22(32)18(26)11-15-5-3-2-4-6-15)24(34)27-19(12-16-7-9-17(31)10-8-16)23(33)28-20(13-37)25(35)36/h2-10,14,18-21,30-31,37H,11-13,26H2,1H3,(H,27,34)(H,28,33)(H,29,32)(H,35,36). The first-order valence-electron chi connectivity index (χ1n) is 11.5. The predicted molar refractivity (Wildman–Crippen MR) is 139 cm³/mol. The molecule has 0 fully saturated rings. The Labute approximate surface area is 219 Å². The first-order chi connectivity index (χ1) is 17.5. The van der Waals surface area contributed by atoms with E-state index in [0.29, 0.717) is 5.56 Å². The Kier molecular flexibility index (Phi) is 11.4. The first kappa shape index (κ1) is 29.6. The van der Waals surface area contributed by atoms with E-state index < -0.39 is 54.0 Å². The Balaban J connectivity index is 2.17. The van der Waals surface area contributed by atoms with Crippen LogP contribution in [0.1, 0.15) is 18.1 Å². The summed E-state index contributed by atoms with van der Waals surface area (Å²) in [6.07, 6.45) is -1.20. The van der Waals surface area contributed by atoms with Gasteiger partial charge in [0, 0.05) is 12.2 Å². The zero-order chi connectivity index (χ0) is 27.5. The van der Waals surface area contributed by atoms with Crippen molar-refractivity contribution >= 4 is 36.3 Å². The monoisotopic (exact) mass is 532 g/mol. The molecule has 0 bridgehead atoms. The van der Waals surface area contributed by atoms with Crippen LogP contribution >= 0.6 is 12.6 Å². The number of rotatable bonds is 13. The summed E-state index contributed by atoms with van der Waals surface area (Å²) >= 11 is 3.93. The average molecular weight is 533 g/mol. The van der Waals surface area contributed by atoms with Gasteiger partial charge in [-0.1, -0.05) is 42.5 Å². The van der Waals surface area contributed by atoms with Gasteiger partial charge in [-0.3, -0.25) is 14.4 Å². The molecule has 0 saturated heterocycles. The molecule has 0 saturated carbocycles. The molecule has 0 aliphatic heterocycles. The molecule has 0 spiro atoms. The molecule has 0 aliphatic rings. The number of phenolic OH excluding ortho intramolecular Hbond substituents is 1. The zero-order valence-corrected chi connectivity index (χ0v) is 21.1. The highest BCUT2D eigenvalue weighted by molar-refractivity contribution is 7.80. The molecule has 5 unspecified atom stereocenters. The quantitative estimate of drug-likeness (QED) is 0.156. The minimum absolute atomic E-state index is 0.00137. The maximum Gasteiger partial charge on any atom is 0.327 e. The lowest BCUT2D eigenvalue weighted by Gasteiger charge is -2.26. The van der Waals surface area contributed by atoms with Crippen LogP contribution in [-0.2, 0) is 32.0 Å². The molecule has 0 aliphatic carbocycles. The van der Waals surface area contributed by atoms with Gasteiger partial charge in [-0.15, -0.1) is 0 Å². The molecule has 2 aromatic carbocycles. The highest BCUT2D eigenvalue weighted by Gasteiger charge is 2.32. The second-order valence-electron chi connectivity index (χ2n) is 8.54. The third-order valence-corrected chi connectivity index (χ3v) is 5.87. The highest BCUT2D eigenvalue weighted by Crippen LogP contribution is 2.12. The average Bonchev–Trinajstić information content (AvgIpc) is 2.86. The third-order valence-electron chi connectivity index (χ3n) is 5.50. The smallest absolute Gasteiger partial charge is 0.327 e. The van der Waals surface area contributed by atoms with Crippen LogP contribution in [0, 0.1) is 0 Å². The number of carbonyl (C=O) groups excluding carboxylic acids is 3. The van der Waals surface area contributed by atoms with Crippen LogP contribution in [0.3, 0.4) is 0 Å². The Bertz CT molecular complexity index is 1070. The van der Waals surface area contributed by atoms with Crippen LogP contribution < -0.4 is 21.7 Å². The topological polar surface area (TPSA) is 191 Å². The van der Waals surface area contributed by atoms with Crippen LogP contribution in [0.15, 0.2) is 54.6 Å². The molecule has 5 atom stereocenters. The van der Waals surface area contributed by atoms with Gasteiger partial charge in [-0.2, -0.15) is 12.6 Å². The van der Waals surface area contributed by atoms with Crippen LogP contribution in [-0.4, -0.2) is 75.0 Å². The predicted octanol–water partition coefficient (Wildman–Crippen LogP) is -0.646. The van der Waals surface area contributed by atoms with Crippen molar-refractivity contribution in [3.8, 4) is 5.75 Å². The number of amides is 3. The number of thiol groups is 1. The van der Waals surface area contributed by atoms with E-state index in [4.69, 9.17) is 5.73 Å². The highest BCUT2D eigenvalue weighted by atomic mass is 32.1. The van der Waals surface area contributed by atoms with E-state index in [1.807, 2.05) is 6.07 Å². The summed E-state index contributed by atoms with van der Waals surface area (Å²) in [5, 5.41) is 36.2. The number of nitrogens with two attached hydrogens (primary N) is 1. The van der Waals surface area contributed by atoms with Crippen molar-refractivity contribution in [2.24, 2.45) is 5.73 Å². The van der Waals surface area contributed by atoms with Gasteiger partial charge in [0.05, 0.1) is 12.1 Å². The Morgan fingerprint density at radius 2 is 1.41 bits per heavy atom. The van der Waals surface area contributed by atoms with E-state index in [9.17, 15) is 34.5 Å². The molecular weight excluding hydrogens is 500 g/mol. The van der Waals surface area contributed by atoms with Crippen molar-refractivity contribution in [3.05, 3.63) is 65.7 Å². The molecule has 2 rings (SSSR count). The lowest BCUT2D eigenvalue weighted by atomic mass is 10.0. The van der Waals surface area contributed by atoms with E-state index in [1.54, 1.807) is 24.3 Å². The zero-order valence-electron chi connectivity index (χ0n) is 20.2. The minimum Gasteiger partial charge on any atom is -0.508 e. The molecule has 200 valence electrons. The maximum atomic E-state index is 13.1. The number of nitrogens with one attached hydrogen (secondary N) is 3. The van der Waals surface area contributed by atoms with Gasteiger partial charge in [0.15, 0.2) is 0 Å². The number of benzene rings is 2. The largest absolute Gasteiger partial charge is 0.508 e. The molecule has 0 heterocycles. The molecule has 37 heavy (non-hydrogen) atoms. The minimum atomic E-state index is -1.44. The van der Waals surface area contributed by atoms with Crippen LogP contribution in [0.5, 0.6) is 5.75 Å². The molecule has 8 N–H and O–H groups in total. The molecule has 0 radical (unpaired) electrons. The van der Waals surface area contributed by atoms with E-state index in [1.165, 1.54) is 31.2 Å². The van der Waals surface area contributed by atoms with Gasteiger partial charge in [0.2, 0.25) is 17.7 Å². The number of aliphatic carboxylic acids is 1. The van der Waals surface area contributed by atoms with Gasteiger partial charge < -0.3 is 37.0 Å². The number of aliphatic hydroxyl groups excluding tert-OH is 1. The summed E-state index contributed by atoms with van der Waals surface area (Å²) in [6, 6.07) is 9.86. The lowest BCUT2D eigenvalue weighted by molar-refractivity contribution is -0.141. The molecule has 3 amide bonds. The number of aliphatic hydroxyl groups is 1. The number of aromatic hydroxyl groups is 1. The third kappa shape index (κ3) is 9.41. The lowest BCUT2D eigenvalue weighted by Crippen LogP contribution is -2.60. The number of phenols is 1. The van der Waals surface area contributed by atoms with Crippen LogP contribution in [0.2, 0.25) is 0 Å². The van der Waals surface area contributed by atoms with Gasteiger partial charge in [-0.25, -0.2) is 4.79 Å². The summed E-state index contributed by atoms with van der Waals surface area (Å²) < 4.78 is 0. The fraction of sp³-hybridized carbons (Fsp3) is 0.360. The van der Waals surface area contributed by atoms with Crippen molar-refractivity contribution < 1.29 is 34.5 Å². The van der Waals surface area contributed by atoms with Crippen molar-refractivity contribution in [2.45, 2.75) is 50.0 Å². The van der Waals surface area contributed by atoms with Crippen LogP contribution in [0.25, 0.3) is 0 Å². The number of hydrogen-bond donors (Lipinski definition) is 8. The molecule has 11 nitrogen and oxygen atoms in total. The van der Waals surface area contributed by atoms with Gasteiger partial charge >= 0.3 is 5.97 Å². The van der Waals surface area contributed by atoms with Crippen LogP contribution in [0.4, 0.5) is 0 Å². The van der Waals surface area contributed by atoms with Gasteiger partial charge in [0.1, 0.15) is 23.9 Å². The second kappa shape index (κ2) is 14.2. The normalized spacial score (nSPS) is 14.9. The van der Waals surface area contributed by atoms with E-state index in [2.05, 4.69) is 28.6 Å². The Morgan fingerprint density at radius 1 is 0.838 bits per heavy atom. The fourth-order valence-electron chi connectivity index (χ4n) is 3.42. The second-order valence-corrected chi connectivity index (χ2v) is 8.90. The molecule has 0 aromatic heterocycles. The van der Waals surface area contributed by atoms with Gasteiger partial charge in [-0.05, 0) is 36.6 Å². The molecular formula is C25H32N4O7S. The summed E-state index contributed by atoms with van der Waals surface area (Å²) in [7, 11) is 0. The summed E-state index contributed by atoms with van der Waals surface area (Å²) in [5.74, 6) is -3.85. The maximum absolute atomic E-state index is 13.1. The number of carbonyl (C=O) groups is 4. The number of carboxylic acids is 1. The SMILES string of the molecule is CC(O)C(NC(=O)C(N)Cc1ccccc1)C(=O)NC(Cc1ccc(O)cc1)C(=O)NC(CS)C(=O)O. The van der Waals surface area contributed by atoms with Gasteiger partial charge in [0.25, 0.3) is 0 Å².